The number of hydrogen-bond donors (Lipinski definition) is 0. The van der Waals surface area contributed by atoms with E-state index in [2.05, 4.69) is 16.8 Å². The van der Waals surface area contributed by atoms with Gasteiger partial charge in [-0.05, 0) is 19.5 Å². The minimum Gasteiger partial charge on any atom is -0.339 e. The molecule has 1 aromatic carbocycles. The van der Waals surface area contributed by atoms with Gasteiger partial charge in [-0.25, -0.2) is 4.98 Å². The number of hydrogen-bond acceptors (Lipinski definition) is 7. The lowest BCUT2D eigenvalue weighted by Crippen LogP contribution is -2.50. The molecule has 25 heavy (non-hydrogen) atoms. The Labute approximate surface area is 154 Å². The van der Waals surface area contributed by atoms with E-state index in [0.29, 0.717) is 0 Å². The molecule has 2 aromatic rings. The third kappa shape index (κ3) is 4.10. The molecule has 0 spiro atoms. The molecule has 1 aromatic heterocycles. The topological polar surface area (TPSA) is 79.6 Å². The molecule has 0 aliphatic carbocycles. The maximum absolute atomic E-state index is 12.6. The first-order valence-electron chi connectivity index (χ1n) is 8.20. The van der Waals surface area contributed by atoms with Crippen molar-refractivity contribution >= 4 is 44.9 Å². The van der Waals surface area contributed by atoms with E-state index in [0.717, 1.165) is 47.3 Å². The van der Waals surface area contributed by atoms with Gasteiger partial charge < -0.3 is 9.80 Å². The number of carbonyl (C=O) groups excluding carboxylic acids is 1. The quantitative estimate of drug-likeness (QED) is 0.451. The van der Waals surface area contributed by atoms with E-state index in [1.807, 2.05) is 11.8 Å². The van der Waals surface area contributed by atoms with Crippen LogP contribution in [0.25, 0.3) is 10.2 Å². The standard InChI is InChI=1S/C16H20N4O3S2/c1-3-18-6-8-19(9-7-18)15(21)11(2)24-16-17-13-5-4-12(20(22)23)10-14(13)25-16/h4-5,10-11H,3,6-9H2,1-2H3/t11-/m0/s1. The zero-order valence-corrected chi connectivity index (χ0v) is 15.8. The highest BCUT2D eigenvalue weighted by Crippen LogP contribution is 2.34. The van der Waals surface area contributed by atoms with Crippen molar-refractivity contribution in [3.8, 4) is 0 Å². The molecule has 0 saturated carbocycles. The lowest BCUT2D eigenvalue weighted by atomic mass is 10.3. The Balaban J connectivity index is 1.66. The van der Waals surface area contributed by atoms with Gasteiger partial charge in [-0.2, -0.15) is 0 Å². The molecule has 0 radical (unpaired) electrons. The highest BCUT2D eigenvalue weighted by atomic mass is 32.2. The summed E-state index contributed by atoms with van der Waals surface area (Å²) in [7, 11) is 0. The van der Waals surface area contributed by atoms with Gasteiger partial charge in [-0.3, -0.25) is 14.9 Å². The first-order valence-corrected chi connectivity index (χ1v) is 9.90. The number of benzene rings is 1. The molecule has 1 aliphatic rings. The Morgan fingerprint density at radius 1 is 1.40 bits per heavy atom. The van der Waals surface area contributed by atoms with Crippen molar-refractivity contribution in [2.75, 3.05) is 32.7 Å². The molecule has 0 N–H and O–H groups in total. The van der Waals surface area contributed by atoms with E-state index < -0.39 is 4.92 Å². The summed E-state index contributed by atoms with van der Waals surface area (Å²) >= 11 is 2.82. The molecule has 3 rings (SSSR count). The van der Waals surface area contributed by atoms with Gasteiger partial charge in [0, 0.05) is 38.3 Å². The molecule has 7 nitrogen and oxygen atoms in total. The summed E-state index contributed by atoms with van der Waals surface area (Å²) in [5.41, 5.74) is 0.792. The third-order valence-electron chi connectivity index (χ3n) is 4.32. The normalized spacial score (nSPS) is 17.0. The van der Waals surface area contributed by atoms with Crippen molar-refractivity contribution in [2.45, 2.75) is 23.4 Å². The highest BCUT2D eigenvalue weighted by molar-refractivity contribution is 8.02. The van der Waals surface area contributed by atoms with Gasteiger partial charge in [0.15, 0.2) is 4.34 Å². The smallest absolute Gasteiger partial charge is 0.270 e. The van der Waals surface area contributed by atoms with Crippen molar-refractivity contribution < 1.29 is 9.72 Å². The average Bonchev–Trinajstić information content (AvgIpc) is 3.02. The second kappa shape index (κ2) is 7.67. The largest absolute Gasteiger partial charge is 0.339 e. The van der Waals surface area contributed by atoms with Crippen LogP contribution in [0.1, 0.15) is 13.8 Å². The molecule has 1 fully saturated rings. The summed E-state index contributed by atoms with van der Waals surface area (Å²) in [5, 5.41) is 10.7. The number of non-ortho nitro benzene ring substituents is 1. The van der Waals surface area contributed by atoms with Crippen LogP contribution in [0.2, 0.25) is 0 Å². The average molecular weight is 380 g/mol. The van der Waals surface area contributed by atoms with Gasteiger partial charge in [0.05, 0.1) is 20.4 Å². The number of nitro groups is 1. The summed E-state index contributed by atoms with van der Waals surface area (Å²) in [6.07, 6.45) is 0. The molecule has 1 amide bonds. The van der Waals surface area contributed by atoms with Crippen LogP contribution in [-0.2, 0) is 4.79 Å². The van der Waals surface area contributed by atoms with Crippen LogP contribution in [0, 0.1) is 10.1 Å². The molecular formula is C16H20N4O3S2. The minimum atomic E-state index is -0.409. The summed E-state index contributed by atoms with van der Waals surface area (Å²) in [6.45, 7) is 8.42. The maximum atomic E-state index is 12.6. The van der Waals surface area contributed by atoms with E-state index in [9.17, 15) is 14.9 Å². The molecule has 134 valence electrons. The number of rotatable bonds is 5. The van der Waals surface area contributed by atoms with Gasteiger partial charge in [-0.15, -0.1) is 11.3 Å². The van der Waals surface area contributed by atoms with Gasteiger partial charge >= 0.3 is 0 Å². The summed E-state index contributed by atoms with van der Waals surface area (Å²) in [4.78, 5) is 31.8. The fourth-order valence-electron chi connectivity index (χ4n) is 2.80. The fourth-order valence-corrected chi connectivity index (χ4v) is 5.13. The number of nitrogens with zero attached hydrogens (tertiary/aromatic N) is 4. The number of thiazole rings is 1. The summed E-state index contributed by atoms with van der Waals surface area (Å²) in [6, 6.07) is 4.65. The first-order chi connectivity index (χ1) is 12.0. The van der Waals surface area contributed by atoms with Crippen LogP contribution in [0.4, 0.5) is 5.69 Å². The SMILES string of the molecule is CCN1CCN(C(=O)[C@H](C)Sc2nc3ccc([N+](=O)[O-])cc3s2)CC1. The fraction of sp³-hybridized carbons (Fsp3) is 0.500. The number of aromatic nitrogens is 1. The Morgan fingerprint density at radius 3 is 2.76 bits per heavy atom. The summed E-state index contributed by atoms with van der Waals surface area (Å²) < 4.78 is 1.54. The van der Waals surface area contributed by atoms with Crippen LogP contribution in [0.3, 0.4) is 0 Å². The van der Waals surface area contributed by atoms with E-state index in [-0.39, 0.29) is 16.8 Å². The molecule has 2 heterocycles. The van der Waals surface area contributed by atoms with Crippen molar-refractivity contribution in [3.05, 3.63) is 28.3 Å². The van der Waals surface area contributed by atoms with Crippen molar-refractivity contribution in [1.82, 2.24) is 14.8 Å². The molecule has 1 aliphatic heterocycles. The molecule has 0 bridgehead atoms. The zero-order valence-electron chi connectivity index (χ0n) is 14.2. The lowest BCUT2D eigenvalue weighted by molar-refractivity contribution is -0.384. The minimum absolute atomic E-state index is 0.0608. The number of thioether (sulfide) groups is 1. The molecule has 1 saturated heterocycles. The second-order valence-electron chi connectivity index (χ2n) is 5.91. The van der Waals surface area contributed by atoms with Crippen LogP contribution < -0.4 is 0 Å². The van der Waals surface area contributed by atoms with E-state index in [1.54, 1.807) is 6.07 Å². The molecule has 0 unspecified atom stereocenters. The highest BCUT2D eigenvalue weighted by Gasteiger charge is 2.26. The molecule has 1 atom stereocenters. The van der Waals surface area contributed by atoms with Gasteiger partial charge in [0.25, 0.3) is 5.69 Å². The van der Waals surface area contributed by atoms with Crippen molar-refractivity contribution in [2.24, 2.45) is 0 Å². The van der Waals surface area contributed by atoms with Crippen LogP contribution in [0.5, 0.6) is 0 Å². The predicted molar refractivity (Wildman–Crippen MR) is 100 cm³/mol. The van der Waals surface area contributed by atoms with E-state index in [1.165, 1.54) is 35.2 Å². The number of fused-ring (bicyclic) bond motifs is 1. The van der Waals surface area contributed by atoms with Crippen LogP contribution in [-0.4, -0.2) is 63.6 Å². The predicted octanol–water partition coefficient (Wildman–Crippen LogP) is 2.85. The number of likely N-dealkylation sites (N-methyl/N-ethyl adjacent to an activating group) is 1. The van der Waals surface area contributed by atoms with E-state index in [4.69, 9.17) is 0 Å². The van der Waals surface area contributed by atoms with E-state index >= 15 is 0 Å². The lowest BCUT2D eigenvalue weighted by Gasteiger charge is -2.35. The zero-order chi connectivity index (χ0) is 18.0. The molecular weight excluding hydrogens is 360 g/mol. The Hall–Kier alpha value is -1.71. The van der Waals surface area contributed by atoms with Gasteiger partial charge in [-0.1, -0.05) is 18.7 Å². The Bertz CT molecular complexity index is 787. The Kier molecular flexibility index (Phi) is 5.55. The van der Waals surface area contributed by atoms with Crippen molar-refractivity contribution in [3.63, 3.8) is 0 Å². The maximum Gasteiger partial charge on any atom is 0.270 e. The summed E-state index contributed by atoms with van der Waals surface area (Å²) in [5.74, 6) is 0.131. The first kappa shape index (κ1) is 18.1. The van der Waals surface area contributed by atoms with Crippen molar-refractivity contribution in [1.29, 1.82) is 0 Å². The van der Waals surface area contributed by atoms with Gasteiger partial charge in [0.2, 0.25) is 5.91 Å². The molecule has 9 heteroatoms. The number of nitro benzene ring substituents is 1. The second-order valence-corrected chi connectivity index (χ2v) is 8.53. The number of carbonyl (C=O) groups is 1. The number of piperazine rings is 1. The van der Waals surface area contributed by atoms with Gasteiger partial charge in [0.1, 0.15) is 0 Å². The third-order valence-corrected chi connectivity index (χ3v) is 6.52. The Morgan fingerprint density at radius 2 is 2.12 bits per heavy atom. The number of amides is 1. The van der Waals surface area contributed by atoms with Crippen LogP contribution in [0.15, 0.2) is 22.5 Å². The monoisotopic (exact) mass is 380 g/mol. The van der Waals surface area contributed by atoms with Crippen LogP contribution >= 0.6 is 23.1 Å².